The predicted octanol–water partition coefficient (Wildman–Crippen LogP) is 3.24. The molecule has 0 spiro atoms. The molecule has 3 heterocycles. The minimum absolute atomic E-state index is 0.0168. The molecule has 0 saturated carbocycles. The van der Waals surface area contributed by atoms with Crippen LogP contribution in [0.25, 0.3) is 11.1 Å². The van der Waals surface area contributed by atoms with Crippen molar-refractivity contribution in [2.75, 3.05) is 17.8 Å². The van der Waals surface area contributed by atoms with Gasteiger partial charge in [-0.15, -0.1) is 0 Å². The lowest BCUT2D eigenvalue weighted by molar-refractivity contribution is -0.147. The smallest absolute Gasteiger partial charge is 0.408 e. The Balaban J connectivity index is 1.32. The maximum Gasteiger partial charge on any atom is 0.420 e. The summed E-state index contributed by atoms with van der Waals surface area (Å²) >= 11 is 0.788. The highest BCUT2D eigenvalue weighted by molar-refractivity contribution is 7.93. The zero-order valence-corrected chi connectivity index (χ0v) is 20.8. The number of alkyl halides is 2. The lowest BCUT2D eigenvalue weighted by Gasteiger charge is -2.45. The molecule has 0 bridgehead atoms. The minimum Gasteiger partial charge on any atom is -0.408 e. The molecule has 194 valence electrons. The topological polar surface area (TPSA) is 110 Å². The number of sulfonamides is 1. The Bertz CT molecular complexity index is 1660. The van der Waals surface area contributed by atoms with Gasteiger partial charge in [-0.1, -0.05) is 18.2 Å². The predicted molar refractivity (Wildman–Crippen MR) is 129 cm³/mol. The molecule has 6 rings (SSSR count). The van der Waals surface area contributed by atoms with Crippen LogP contribution < -0.4 is 10.5 Å². The van der Waals surface area contributed by atoms with Gasteiger partial charge in [-0.3, -0.25) is 14.2 Å². The summed E-state index contributed by atoms with van der Waals surface area (Å²) in [6.45, 7) is -0.439. The van der Waals surface area contributed by atoms with Crippen molar-refractivity contribution in [3.63, 3.8) is 0 Å². The maximum atomic E-state index is 15.0. The van der Waals surface area contributed by atoms with Crippen LogP contribution >= 0.6 is 11.5 Å². The van der Waals surface area contributed by atoms with E-state index < -0.39 is 32.4 Å². The third kappa shape index (κ3) is 4.42. The van der Waals surface area contributed by atoms with Gasteiger partial charge in [-0.2, -0.15) is 4.37 Å². The fraction of sp³-hybridized carbons (Fsp3) is 0.348. The van der Waals surface area contributed by atoms with Crippen LogP contribution in [0.2, 0.25) is 0 Å². The van der Waals surface area contributed by atoms with Gasteiger partial charge in [-0.05, 0) is 36.0 Å². The number of halogens is 3. The van der Waals surface area contributed by atoms with E-state index in [9.17, 15) is 22.0 Å². The number of rotatable bonds is 6. The highest BCUT2D eigenvalue weighted by atomic mass is 32.2. The first kappa shape index (κ1) is 24.1. The highest BCUT2D eigenvalue weighted by Gasteiger charge is 2.47. The Morgan fingerprint density at radius 2 is 2.05 bits per heavy atom. The molecule has 1 unspecified atom stereocenters. The van der Waals surface area contributed by atoms with Crippen LogP contribution in [0, 0.1) is 5.82 Å². The van der Waals surface area contributed by atoms with E-state index in [0.29, 0.717) is 6.42 Å². The molecule has 37 heavy (non-hydrogen) atoms. The van der Waals surface area contributed by atoms with Crippen LogP contribution in [0.15, 0.2) is 50.8 Å². The van der Waals surface area contributed by atoms with E-state index in [1.807, 2.05) is 18.2 Å². The Kier molecular flexibility index (Phi) is 5.65. The molecule has 1 aliphatic heterocycles. The number of hydrogen-bond donors (Lipinski definition) is 1. The van der Waals surface area contributed by atoms with Crippen LogP contribution in [0.3, 0.4) is 0 Å². The molecule has 0 radical (unpaired) electrons. The van der Waals surface area contributed by atoms with E-state index in [1.54, 1.807) is 4.90 Å². The van der Waals surface area contributed by atoms with E-state index in [-0.39, 0.29) is 41.9 Å². The summed E-state index contributed by atoms with van der Waals surface area (Å²) in [4.78, 5) is 17.6. The number of nitrogens with zero attached hydrogens (tertiary/aromatic N) is 4. The summed E-state index contributed by atoms with van der Waals surface area (Å²) in [5.74, 6) is -4.48. The number of benzene rings is 2. The van der Waals surface area contributed by atoms with Crippen molar-refractivity contribution in [1.29, 1.82) is 0 Å². The molecular formula is C23H20F3N5O4S2. The average Bonchev–Trinajstić information content (AvgIpc) is 3.44. The minimum atomic E-state index is -4.35. The molecule has 2 aliphatic rings. The van der Waals surface area contributed by atoms with Crippen molar-refractivity contribution in [3.05, 3.63) is 69.7 Å². The standard InChI is InChI=1S/C23H20F3N5O4S2/c24-17-7-18-19(8-20(17)37(33,34)29-21-27-12-28-36-21)35-22(32)31(18)9-14-3-1-2-13-4-5-15(6-16(13)14)30-10-23(25,26)11-30/h1-3,7-8,12,15H,4-6,9-11H2,(H,27,28,29). The van der Waals surface area contributed by atoms with Crippen molar-refractivity contribution in [2.45, 2.75) is 42.7 Å². The molecule has 1 fully saturated rings. The second-order valence-electron chi connectivity index (χ2n) is 9.27. The molecule has 1 saturated heterocycles. The summed E-state index contributed by atoms with van der Waals surface area (Å²) in [7, 11) is -4.35. The highest BCUT2D eigenvalue weighted by Crippen LogP contribution is 2.35. The Labute approximate surface area is 212 Å². The molecule has 2 aromatic heterocycles. The Morgan fingerprint density at radius 3 is 2.78 bits per heavy atom. The molecule has 2 aromatic carbocycles. The number of oxazole rings is 1. The summed E-state index contributed by atoms with van der Waals surface area (Å²) < 4.78 is 79.6. The van der Waals surface area contributed by atoms with E-state index in [0.717, 1.165) is 59.5 Å². The summed E-state index contributed by atoms with van der Waals surface area (Å²) in [6, 6.07) is 7.60. The summed E-state index contributed by atoms with van der Waals surface area (Å²) in [6.07, 6.45) is 3.23. The second-order valence-corrected chi connectivity index (χ2v) is 11.7. The summed E-state index contributed by atoms with van der Waals surface area (Å²) in [5.41, 5.74) is 2.88. The van der Waals surface area contributed by atoms with Gasteiger partial charge in [0.2, 0.25) is 5.13 Å². The molecule has 4 aromatic rings. The van der Waals surface area contributed by atoms with Gasteiger partial charge in [0.1, 0.15) is 17.0 Å². The zero-order chi connectivity index (χ0) is 25.9. The Hall–Kier alpha value is -3.23. The van der Waals surface area contributed by atoms with Crippen molar-refractivity contribution in [3.8, 4) is 0 Å². The number of likely N-dealkylation sites (tertiary alicyclic amines) is 1. The van der Waals surface area contributed by atoms with E-state index in [1.165, 1.54) is 4.57 Å². The normalized spacial score (nSPS) is 19.5. The van der Waals surface area contributed by atoms with Crippen LogP contribution in [-0.4, -0.2) is 52.3 Å². The average molecular weight is 552 g/mol. The van der Waals surface area contributed by atoms with Crippen LogP contribution in [0.5, 0.6) is 0 Å². The fourth-order valence-electron chi connectivity index (χ4n) is 5.09. The van der Waals surface area contributed by atoms with Gasteiger partial charge in [0, 0.05) is 29.7 Å². The SMILES string of the molecule is O=c1oc2cc(S(=O)(=O)Nc3ncns3)c(F)cc2n1Cc1cccc2c1CC(N1CC(F)(F)C1)CC2. The molecule has 14 heteroatoms. The lowest BCUT2D eigenvalue weighted by atomic mass is 9.83. The number of anilines is 1. The van der Waals surface area contributed by atoms with Gasteiger partial charge in [0.25, 0.3) is 15.9 Å². The zero-order valence-electron chi connectivity index (χ0n) is 19.2. The summed E-state index contributed by atoms with van der Waals surface area (Å²) in [5, 5.41) is -0.0346. The van der Waals surface area contributed by atoms with Crippen molar-refractivity contribution < 1.29 is 26.0 Å². The van der Waals surface area contributed by atoms with Crippen LogP contribution in [0.4, 0.5) is 18.3 Å². The first-order chi connectivity index (χ1) is 17.6. The molecular weight excluding hydrogens is 531 g/mol. The molecule has 0 amide bonds. The number of aromatic nitrogens is 3. The molecule has 1 N–H and O–H groups in total. The lowest BCUT2D eigenvalue weighted by Crippen LogP contribution is -2.60. The monoisotopic (exact) mass is 551 g/mol. The quantitative estimate of drug-likeness (QED) is 0.392. The second kappa shape index (κ2) is 8.67. The van der Waals surface area contributed by atoms with Crippen LogP contribution in [-0.2, 0) is 29.4 Å². The fourth-order valence-corrected chi connectivity index (χ4v) is 6.83. The molecule has 9 nitrogen and oxygen atoms in total. The number of nitrogens with one attached hydrogen (secondary N) is 1. The maximum absolute atomic E-state index is 15.0. The van der Waals surface area contributed by atoms with Gasteiger partial charge in [0.05, 0.1) is 25.2 Å². The number of fused-ring (bicyclic) bond motifs is 2. The van der Waals surface area contributed by atoms with Crippen molar-refractivity contribution in [2.24, 2.45) is 0 Å². The van der Waals surface area contributed by atoms with Crippen molar-refractivity contribution in [1.82, 2.24) is 18.8 Å². The molecule has 1 atom stereocenters. The van der Waals surface area contributed by atoms with E-state index >= 15 is 4.39 Å². The first-order valence-electron chi connectivity index (χ1n) is 11.4. The van der Waals surface area contributed by atoms with E-state index in [2.05, 4.69) is 14.1 Å². The van der Waals surface area contributed by atoms with Gasteiger partial charge < -0.3 is 4.42 Å². The third-order valence-electron chi connectivity index (χ3n) is 6.86. The van der Waals surface area contributed by atoms with Gasteiger partial charge in [0.15, 0.2) is 5.58 Å². The Morgan fingerprint density at radius 1 is 1.24 bits per heavy atom. The first-order valence-corrected chi connectivity index (χ1v) is 13.7. The van der Waals surface area contributed by atoms with Crippen LogP contribution in [0.1, 0.15) is 23.1 Å². The largest absolute Gasteiger partial charge is 0.420 e. The third-order valence-corrected chi connectivity index (χ3v) is 8.93. The van der Waals surface area contributed by atoms with Crippen molar-refractivity contribution >= 4 is 37.8 Å². The molecule has 1 aliphatic carbocycles. The number of hydrogen-bond acceptors (Lipinski definition) is 8. The number of aryl methyl sites for hydroxylation is 1. The van der Waals surface area contributed by atoms with E-state index in [4.69, 9.17) is 4.42 Å². The van der Waals surface area contributed by atoms with Gasteiger partial charge >= 0.3 is 5.76 Å². The van der Waals surface area contributed by atoms with Gasteiger partial charge in [-0.25, -0.2) is 31.4 Å².